The van der Waals surface area contributed by atoms with Gasteiger partial charge in [-0.15, -0.1) is 0 Å². The van der Waals surface area contributed by atoms with Crippen LogP contribution in [-0.2, 0) is 0 Å². The van der Waals surface area contributed by atoms with Gasteiger partial charge in [0.15, 0.2) is 0 Å². The highest BCUT2D eigenvalue weighted by Gasteiger charge is 2.02. The molecule has 0 saturated carbocycles. The average Bonchev–Trinajstić information content (AvgIpc) is 2.46. The van der Waals surface area contributed by atoms with Gasteiger partial charge in [0.1, 0.15) is 0 Å². The van der Waals surface area contributed by atoms with E-state index < -0.39 is 4.92 Å². The van der Waals surface area contributed by atoms with Gasteiger partial charge >= 0.3 is 0 Å². The molecular formula is C15H13N3O2. The lowest BCUT2D eigenvalue weighted by molar-refractivity contribution is -0.384. The van der Waals surface area contributed by atoms with Gasteiger partial charge in [0.2, 0.25) is 0 Å². The second-order valence-corrected chi connectivity index (χ2v) is 4.25. The molecule has 0 heterocycles. The Hall–Kier alpha value is -2.82. The largest absolute Gasteiger partial charge is 0.269 e. The summed E-state index contributed by atoms with van der Waals surface area (Å²) in [6, 6.07) is 14.0. The number of hydrogen-bond donors (Lipinski definition) is 0. The maximum atomic E-state index is 10.5. The normalized spacial score (nSPS) is 11.2. The number of non-ortho nitro benzene ring substituents is 1. The summed E-state index contributed by atoms with van der Waals surface area (Å²) in [5, 5.41) is 18.3. The number of rotatable bonds is 4. The first-order chi connectivity index (χ1) is 9.65. The molecule has 0 aromatic heterocycles. The molecule has 2 aromatic rings. The Morgan fingerprint density at radius 1 is 0.900 bits per heavy atom. The van der Waals surface area contributed by atoms with Gasteiger partial charge in [-0.1, -0.05) is 29.8 Å². The van der Waals surface area contributed by atoms with Gasteiger partial charge in [-0.25, -0.2) is 0 Å². The van der Waals surface area contributed by atoms with Crippen molar-refractivity contribution in [1.82, 2.24) is 0 Å². The Morgan fingerprint density at radius 3 is 1.80 bits per heavy atom. The highest BCUT2D eigenvalue weighted by Crippen LogP contribution is 2.10. The van der Waals surface area contributed by atoms with Crippen molar-refractivity contribution in [2.24, 2.45) is 10.2 Å². The van der Waals surface area contributed by atoms with Crippen LogP contribution in [0.15, 0.2) is 58.7 Å². The van der Waals surface area contributed by atoms with E-state index in [4.69, 9.17) is 0 Å². The molecule has 0 aliphatic heterocycles. The van der Waals surface area contributed by atoms with Crippen LogP contribution in [0, 0.1) is 17.0 Å². The van der Waals surface area contributed by atoms with Crippen molar-refractivity contribution in [2.45, 2.75) is 6.92 Å². The molecule has 0 atom stereocenters. The van der Waals surface area contributed by atoms with E-state index in [9.17, 15) is 10.1 Å². The number of benzene rings is 2. The molecule has 0 unspecified atom stereocenters. The van der Waals surface area contributed by atoms with Crippen LogP contribution in [0.2, 0.25) is 0 Å². The average molecular weight is 267 g/mol. The predicted octanol–water partition coefficient (Wildman–Crippen LogP) is 3.36. The molecule has 20 heavy (non-hydrogen) atoms. The quantitative estimate of drug-likeness (QED) is 0.484. The van der Waals surface area contributed by atoms with Crippen molar-refractivity contribution in [3.8, 4) is 0 Å². The number of aryl methyl sites for hydroxylation is 1. The third-order valence-electron chi connectivity index (χ3n) is 2.66. The number of nitro benzene ring substituents is 1. The van der Waals surface area contributed by atoms with Gasteiger partial charge < -0.3 is 0 Å². The highest BCUT2D eigenvalue weighted by molar-refractivity contribution is 5.82. The lowest BCUT2D eigenvalue weighted by Gasteiger charge is -1.93. The van der Waals surface area contributed by atoms with E-state index >= 15 is 0 Å². The minimum absolute atomic E-state index is 0.0605. The first-order valence-electron chi connectivity index (χ1n) is 6.03. The molecule has 0 bridgehead atoms. The van der Waals surface area contributed by atoms with Crippen molar-refractivity contribution in [1.29, 1.82) is 0 Å². The molecular weight excluding hydrogens is 254 g/mol. The monoisotopic (exact) mass is 267 g/mol. The summed E-state index contributed by atoms with van der Waals surface area (Å²) in [4.78, 5) is 10.1. The molecule has 0 fully saturated rings. The van der Waals surface area contributed by atoms with Crippen molar-refractivity contribution >= 4 is 18.1 Å². The summed E-state index contributed by atoms with van der Waals surface area (Å²) in [6.45, 7) is 2.02. The standard InChI is InChI=1S/C15H13N3O2/c1-12-2-4-13(5-3-12)10-16-17-11-14-6-8-15(9-7-14)18(19)20/h2-11H,1H3/b16-10+,17-11+. The lowest BCUT2D eigenvalue weighted by Crippen LogP contribution is -1.88. The molecule has 100 valence electrons. The van der Waals surface area contributed by atoms with Crippen LogP contribution in [-0.4, -0.2) is 17.4 Å². The van der Waals surface area contributed by atoms with Crippen molar-refractivity contribution < 1.29 is 4.92 Å². The third-order valence-corrected chi connectivity index (χ3v) is 2.66. The first kappa shape index (κ1) is 13.6. The second-order valence-electron chi connectivity index (χ2n) is 4.25. The molecule has 0 aliphatic rings. The van der Waals surface area contributed by atoms with Gasteiger partial charge in [0.05, 0.1) is 17.4 Å². The van der Waals surface area contributed by atoms with Gasteiger partial charge in [-0.3, -0.25) is 10.1 Å². The van der Waals surface area contributed by atoms with E-state index in [1.165, 1.54) is 17.7 Å². The van der Waals surface area contributed by atoms with E-state index in [0.717, 1.165) is 11.1 Å². The molecule has 0 spiro atoms. The maximum absolute atomic E-state index is 10.5. The maximum Gasteiger partial charge on any atom is 0.269 e. The lowest BCUT2D eigenvalue weighted by atomic mass is 10.2. The Morgan fingerprint density at radius 2 is 1.35 bits per heavy atom. The van der Waals surface area contributed by atoms with Crippen LogP contribution in [0.3, 0.4) is 0 Å². The Balaban J connectivity index is 1.99. The molecule has 5 heteroatoms. The second kappa shape index (κ2) is 6.38. The smallest absolute Gasteiger partial charge is 0.258 e. The third kappa shape index (κ3) is 3.84. The van der Waals surface area contributed by atoms with Gasteiger partial charge in [-0.2, -0.15) is 10.2 Å². The SMILES string of the molecule is Cc1ccc(/C=N/N=C/c2ccc([N+](=O)[O-])cc2)cc1. The van der Waals surface area contributed by atoms with Crippen LogP contribution in [0.1, 0.15) is 16.7 Å². The van der Waals surface area contributed by atoms with Crippen molar-refractivity contribution in [3.05, 3.63) is 75.3 Å². The van der Waals surface area contributed by atoms with Crippen LogP contribution >= 0.6 is 0 Å². The molecule has 2 rings (SSSR count). The molecule has 0 amide bonds. The van der Waals surface area contributed by atoms with E-state index in [0.29, 0.717) is 0 Å². The molecule has 0 aliphatic carbocycles. The topological polar surface area (TPSA) is 67.9 Å². The van der Waals surface area contributed by atoms with Gasteiger partial charge in [0, 0.05) is 12.1 Å². The first-order valence-corrected chi connectivity index (χ1v) is 6.03. The molecule has 5 nitrogen and oxygen atoms in total. The molecule has 0 radical (unpaired) electrons. The molecule has 0 saturated heterocycles. The Bertz CT molecular complexity index is 644. The number of hydrogen-bond acceptors (Lipinski definition) is 4. The summed E-state index contributed by atoms with van der Waals surface area (Å²) in [7, 11) is 0. The predicted molar refractivity (Wildman–Crippen MR) is 79.5 cm³/mol. The van der Waals surface area contributed by atoms with E-state index in [1.54, 1.807) is 24.6 Å². The fraction of sp³-hybridized carbons (Fsp3) is 0.0667. The van der Waals surface area contributed by atoms with Crippen LogP contribution < -0.4 is 0 Å². The van der Waals surface area contributed by atoms with E-state index in [-0.39, 0.29) is 5.69 Å². The minimum atomic E-state index is -0.434. The van der Waals surface area contributed by atoms with Crippen molar-refractivity contribution in [2.75, 3.05) is 0 Å². The van der Waals surface area contributed by atoms with Crippen LogP contribution in [0.5, 0.6) is 0 Å². The summed E-state index contributed by atoms with van der Waals surface area (Å²) in [5.41, 5.74) is 2.98. The summed E-state index contributed by atoms with van der Waals surface area (Å²) in [5.74, 6) is 0. The zero-order chi connectivity index (χ0) is 14.4. The highest BCUT2D eigenvalue weighted by atomic mass is 16.6. The number of nitro groups is 1. The minimum Gasteiger partial charge on any atom is -0.258 e. The zero-order valence-electron chi connectivity index (χ0n) is 10.9. The van der Waals surface area contributed by atoms with E-state index in [2.05, 4.69) is 10.2 Å². The number of nitrogens with zero attached hydrogens (tertiary/aromatic N) is 3. The van der Waals surface area contributed by atoms with E-state index in [1.807, 2.05) is 31.2 Å². The van der Waals surface area contributed by atoms with Crippen molar-refractivity contribution in [3.63, 3.8) is 0 Å². The fourth-order valence-electron chi connectivity index (χ4n) is 1.53. The Kier molecular flexibility index (Phi) is 4.34. The zero-order valence-corrected chi connectivity index (χ0v) is 10.9. The fourth-order valence-corrected chi connectivity index (χ4v) is 1.53. The molecule has 0 N–H and O–H groups in total. The summed E-state index contributed by atoms with van der Waals surface area (Å²) in [6.07, 6.45) is 3.20. The van der Waals surface area contributed by atoms with Crippen LogP contribution in [0.25, 0.3) is 0 Å². The van der Waals surface area contributed by atoms with Gasteiger partial charge in [0.25, 0.3) is 5.69 Å². The summed E-state index contributed by atoms with van der Waals surface area (Å²) >= 11 is 0. The summed E-state index contributed by atoms with van der Waals surface area (Å²) < 4.78 is 0. The van der Waals surface area contributed by atoms with Gasteiger partial charge in [-0.05, 0) is 30.2 Å². The molecule has 2 aromatic carbocycles. The van der Waals surface area contributed by atoms with Crippen LogP contribution in [0.4, 0.5) is 5.69 Å². The Labute approximate surface area is 116 Å².